The summed E-state index contributed by atoms with van der Waals surface area (Å²) in [7, 11) is 1.67. The molecule has 5 aromatic rings. The number of H-pyrrole nitrogens is 1. The van der Waals surface area contributed by atoms with Crippen LogP contribution < -0.4 is 10.1 Å². The minimum absolute atomic E-state index is 0.0313. The van der Waals surface area contributed by atoms with E-state index in [9.17, 15) is 31.4 Å². The van der Waals surface area contributed by atoms with E-state index in [-0.39, 0.29) is 28.9 Å². The number of imidazole rings is 2. The molecule has 8 nitrogen and oxygen atoms in total. The molecule has 5 rings (SSSR count). The molecular weight excluding hydrogens is 518 g/mol. The number of phenolic OH excluding ortho intramolecular Hbond substituents is 1. The third kappa shape index (κ3) is 4.92. The number of aryl methyl sites for hydroxylation is 1. The highest BCUT2D eigenvalue weighted by Gasteiger charge is 2.33. The fraction of sp³-hybridized carbons (Fsp3) is 0.125. The molecule has 0 spiro atoms. The third-order valence-corrected chi connectivity index (χ3v) is 5.51. The first-order valence-corrected chi connectivity index (χ1v) is 10.8. The van der Waals surface area contributed by atoms with Crippen molar-refractivity contribution >= 4 is 22.7 Å². The van der Waals surface area contributed by atoms with Gasteiger partial charge in [-0.2, -0.15) is 26.3 Å². The molecule has 38 heavy (non-hydrogen) atoms. The van der Waals surface area contributed by atoms with Crippen LogP contribution in [0.3, 0.4) is 0 Å². The summed E-state index contributed by atoms with van der Waals surface area (Å²) in [6.45, 7) is 0. The number of nitrogens with zero attached hydrogens (tertiary/aromatic N) is 4. The molecule has 0 atom stereocenters. The summed E-state index contributed by atoms with van der Waals surface area (Å²) in [5, 5.41) is 12.9. The second-order valence-electron chi connectivity index (χ2n) is 8.12. The Hall–Kier alpha value is -4.75. The number of halogens is 6. The van der Waals surface area contributed by atoms with Crippen LogP contribution >= 0.6 is 0 Å². The molecule has 3 heterocycles. The van der Waals surface area contributed by atoms with Crippen LogP contribution in [0.4, 0.5) is 38.0 Å². The van der Waals surface area contributed by atoms with Gasteiger partial charge in [-0.1, -0.05) is 0 Å². The molecule has 196 valence electrons. The van der Waals surface area contributed by atoms with E-state index < -0.39 is 29.4 Å². The van der Waals surface area contributed by atoms with Gasteiger partial charge in [-0.3, -0.25) is 4.98 Å². The molecule has 2 aromatic carbocycles. The monoisotopic (exact) mass is 534 g/mol. The number of benzene rings is 2. The summed E-state index contributed by atoms with van der Waals surface area (Å²) < 4.78 is 84.7. The quantitative estimate of drug-likeness (QED) is 0.173. The molecule has 0 amide bonds. The Morgan fingerprint density at radius 2 is 1.68 bits per heavy atom. The van der Waals surface area contributed by atoms with Crippen molar-refractivity contribution in [2.45, 2.75) is 12.4 Å². The number of alkyl halides is 6. The molecule has 3 aromatic heterocycles. The van der Waals surface area contributed by atoms with Gasteiger partial charge in [-0.25, -0.2) is 9.97 Å². The zero-order valence-corrected chi connectivity index (χ0v) is 19.2. The molecule has 0 saturated carbocycles. The van der Waals surface area contributed by atoms with Crippen molar-refractivity contribution in [1.29, 1.82) is 0 Å². The lowest BCUT2D eigenvalue weighted by Gasteiger charge is -2.11. The predicted octanol–water partition coefficient (Wildman–Crippen LogP) is 6.64. The van der Waals surface area contributed by atoms with Crippen LogP contribution in [0.1, 0.15) is 11.3 Å². The van der Waals surface area contributed by atoms with Crippen molar-refractivity contribution in [2.24, 2.45) is 7.05 Å². The topological polar surface area (TPSA) is 101 Å². The Bertz CT molecular complexity index is 1640. The number of anilines is 2. The first kappa shape index (κ1) is 24.9. The Morgan fingerprint density at radius 1 is 0.921 bits per heavy atom. The predicted molar refractivity (Wildman–Crippen MR) is 124 cm³/mol. The normalized spacial score (nSPS) is 12.2. The van der Waals surface area contributed by atoms with Crippen molar-refractivity contribution < 1.29 is 36.2 Å². The van der Waals surface area contributed by atoms with Crippen molar-refractivity contribution in [3.63, 3.8) is 0 Å². The van der Waals surface area contributed by atoms with Crippen LogP contribution in [-0.2, 0) is 19.4 Å². The van der Waals surface area contributed by atoms with Gasteiger partial charge in [0.05, 0.1) is 28.5 Å². The van der Waals surface area contributed by atoms with Gasteiger partial charge >= 0.3 is 12.4 Å². The summed E-state index contributed by atoms with van der Waals surface area (Å²) in [6.07, 6.45) is -7.13. The molecule has 0 radical (unpaired) electrons. The molecule has 0 aliphatic carbocycles. The zero-order valence-electron chi connectivity index (χ0n) is 19.2. The maximum absolute atomic E-state index is 12.9. The first-order valence-electron chi connectivity index (χ1n) is 10.8. The molecule has 0 aliphatic heterocycles. The number of aromatic amines is 1. The van der Waals surface area contributed by atoms with E-state index in [0.29, 0.717) is 29.0 Å². The molecule has 3 N–H and O–H groups in total. The average molecular weight is 534 g/mol. The van der Waals surface area contributed by atoms with Crippen molar-refractivity contribution in [2.75, 3.05) is 5.32 Å². The number of hydrogen-bond donors (Lipinski definition) is 3. The molecule has 0 unspecified atom stereocenters. The second kappa shape index (κ2) is 8.97. The fourth-order valence-corrected chi connectivity index (χ4v) is 3.62. The molecular formula is C24H16F6N6O2. The van der Waals surface area contributed by atoms with Gasteiger partial charge in [-0.15, -0.1) is 0 Å². The van der Waals surface area contributed by atoms with Gasteiger partial charge < -0.3 is 24.7 Å². The average Bonchev–Trinajstić information content (AvgIpc) is 3.46. The van der Waals surface area contributed by atoms with E-state index in [1.54, 1.807) is 29.8 Å². The van der Waals surface area contributed by atoms with Crippen LogP contribution in [0.5, 0.6) is 17.2 Å². The van der Waals surface area contributed by atoms with Gasteiger partial charge in [0, 0.05) is 25.4 Å². The summed E-state index contributed by atoms with van der Waals surface area (Å²) in [4.78, 5) is 14.4. The lowest BCUT2D eigenvalue weighted by Crippen LogP contribution is -2.05. The Labute approximate surface area is 209 Å². The van der Waals surface area contributed by atoms with Gasteiger partial charge in [-0.05, 0) is 36.4 Å². The Kier molecular flexibility index (Phi) is 5.88. The number of hydrogen-bond acceptors (Lipinski definition) is 6. The van der Waals surface area contributed by atoms with Crippen LogP contribution in [0.2, 0.25) is 0 Å². The van der Waals surface area contributed by atoms with Gasteiger partial charge in [0.1, 0.15) is 28.6 Å². The standard InChI is InChI=1S/C24H16F6N6O2/c1-36-18-5-3-13(38-14-6-7-31-17(10-14)21-32-11-20(35-21)24(28,29)30)9-16(18)34-22(36)33-15-4-2-12(8-19(15)37)23(25,26)27/h2-11,37H,1H3,(H,32,35)(H,33,34). The summed E-state index contributed by atoms with van der Waals surface area (Å²) in [5.74, 6) is 0.209. The van der Waals surface area contributed by atoms with Gasteiger partial charge in [0.15, 0.2) is 5.82 Å². The smallest absolute Gasteiger partial charge is 0.432 e. The number of phenols is 1. The van der Waals surface area contributed by atoms with E-state index in [1.165, 1.54) is 18.3 Å². The second-order valence-corrected chi connectivity index (χ2v) is 8.12. The number of ether oxygens (including phenoxy) is 1. The van der Waals surface area contributed by atoms with Crippen molar-refractivity contribution in [3.05, 3.63) is 72.2 Å². The van der Waals surface area contributed by atoms with E-state index in [1.807, 2.05) is 0 Å². The zero-order chi connectivity index (χ0) is 27.2. The van der Waals surface area contributed by atoms with Crippen LogP contribution in [-0.4, -0.2) is 29.6 Å². The SMILES string of the molecule is Cn1c(Nc2ccc(C(F)(F)F)cc2O)nc2cc(Oc3ccnc(-c4ncc(C(F)(F)F)[nH]4)c3)ccc21. The largest absolute Gasteiger partial charge is 0.506 e. The van der Waals surface area contributed by atoms with Crippen LogP contribution in [0, 0.1) is 0 Å². The minimum Gasteiger partial charge on any atom is -0.506 e. The highest BCUT2D eigenvalue weighted by atomic mass is 19.4. The minimum atomic E-state index is -4.59. The lowest BCUT2D eigenvalue weighted by atomic mass is 10.2. The third-order valence-electron chi connectivity index (χ3n) is 5.51. The highest BCUT2D eigenvalue weighted by molar-refractivity contribution is 5.81. The van der Waals surface area contributed by atoms with E-state index in [0.717, 1.165) is 12.1 Å². The molecule has 0 saturated heterocycles. The highest BCUT2D eigenvalue weighted by Crippen LogP contribution is 2.36. The molecule has 0 fully saturated rings. The Balaban J connectivity index is 1.38. The maximum atomic E-state index is 12.9. The lowest BCUT2D eigenvalue weighted by molar-refractivity contribution is -0.141. The summed E-state index contributed by atoms with van der Waals surface area (Å²) in [6, 6.07) is 10.4. The van der Waals surface area contributed by atoms with E-state index in [4.69, 9.17) is 4.74 Å². The van der Waals surface area contributed by atoms with Crippen molar-refractivity contribution in [3.8, 4) is 28.8 Å². The number of pyridine rings is 1. The van der Waals surface area contributed by atoms with E-state index in [2.05, 4.69) is 25.3 Å². The summed E-state index contributed by atoms with van der Waals surface area (Å²) in [5.41, 5.74) is -0.704. The Morgan fingerprint density at radius 3 is 2.37 bits per heavy atom. The van der Waals surface area contributed by atoms with Crippen LogP contribution in [0.15, 0.2) is 60.9 Å². The van der Waals surface area contributed by atoms with Gasteiger partial charge in [0.2, 0.25) is 5.95 Å². The molecule has 0 bridgehead atoms. The maximum Gasteiger partial charge on any atom is 0.432 e. The fourth-order valence-electron chi connectivity index (χ4n) is 3.62. The first-order chi connectivity index (χ1) is 17.9. The number of fused-ring (bicyclic) bond motifs is 1. The van der Waals surface area contributed by atoms with Gasteiger partial charge in [0.25, 0.3) is 0 Å². The van der Waals surface area contributed by atoms with E-state index >= 15 is 0 Å². The molecule has 14 heteroatoms. The summed E-state index contributed by atoms with van der Waals surface area (Å²) >= 11 is 0. The number of aromatic hydroxyl groups is 1. The number of aromatic nitrogens is 5. The molecule has 0 aliphatic rings. The number of rotatable bonds is 5. The number of nitrogens with one attached hydrogen (secondary N) is 2. The van der Waals surface area contributed by atoms with Crippen LogP contribution in [0.25, 0.3) is 22.6 Å². The van der Waals surface area contributed by atoms with Crippen molar-refractivity contribution in [1.82, 2.24) is 24.5 Å².